The summed E-state index contributed by atoms with van der Waals surface area (Å²) in [6.07, 6.45) is -3.25. The largest absolute Gasteiger partial charge is 0.416 e. The fraction of sp³-hybridized carbons (Fsp3) is 0.500. The summed E-state index contributed by atoms with van der Waals surface area (Å²) in [5, 5.41) is 3.23. The van der Waals surface area contributed by atoms with Gasteiger partial charge in [-0.1, -0.05) is 19.1 Å². The van der Waals surface area contributed by atoms with Crippen LogP contribution in [0.3, 0.4) is 0 Å². The highest BCUT2D eigenvalue weighted by Gasteiger charge is 2.29. The smallest absolute Gasteiger partial charge is 0.310 e. The van der Waals surface area contributed by atoms with Gasteiger partial charge in [0, 0.05) is 12.6 Å². The molecular weight excluding hydrogens is 215 g/mol. The molecule has 0 bridgehead atoms. The minimum Gasteiger partial charge on any atom is -0.310 e. The molecule has 1 rings (SSSR count). The van der Waals surface area contributed by atoms with Gasteiger partial charge in [-0.05, 0) is 31.0 Å². The van der Waals surface area contributed by atoms with E-state index in [9.17, 15) is 13.2 Å². The monoisotopic (exact) mass is 231 g/mol. The Morgan fingerprint density at radius 2 is 1.75 bits per heavy atom. The van der Waals surface area contributed by atoms with Gasteiger partial charge in [-0.2, -0.15) is 13.2 Å². The van der Waals surface area contributed by atoms with Gasteiger partial charge < -0.3 is 5.32 Å². The molecule has 90 valence electrons. The molecule has 0 aliphatic carbocycles. The Kier molecular flexibility index (Phi) is 4.35. The summed E-state index contributed by atoms with van der Waals surface area (Å²) in [7, 11) is 0. The van der Waals surface area contributed by atoms with E-state index in [1.165, 1.54) is 12.1 Å². The highest BCUT2D eigenvalue weighted by molar-refractivity contribution is 5.24. The highest BCUT2D eigenvalue weighted by Crippen LogP contribution is 2.28. The lowest BCUT2D eigenvalue weighted by Crippen LogP contribution is -2.24. The van der Waals surface area contributed by atoms with Crippen molar-refractivity contribution in [3.05, 3.63) is 35.4 Å². The van der Waals surface area contributed by atoms with Crippen molar-refractivity contribution >= 4 is 0 Å². The lowest BCUT2D eigenvalue weighted by Gasteiger charge is -2.12. The molecule has 0 saturated carbocycles. The Morgan fingerprint density at radius 3 is 2.19 bits per heavy atom. The maximum absolute atomic E-state index is 12.3. The molecule has 1 N–H and O–H groups in total. The fourth-order valence-corrected chi connectivity index (χ4v) is 1.25. The highest BCUT2D eigenvalue weighted by atomic mass is 19.4. The van der Waals surface area contributed by atoms with Crippen LogP contribution in [0.4, 0.5) is 13.2 Å². The summed E-state index contributed by atoms with van der Waals surface area (Å²) >= 11 is 0. The average Bonchev–Trinajstić information content (AvgIpc) is 2.25. The average molecular weight is 231 g/mol. The Labute approximate surface area is 93.7 Å². The van der Waals surface area contributed by atoms with Crippen molar-refractivity contribution in [1.29, 1.82) is 0 Å². The zero-order chi connectivity index (χ0) is 12.2. The van der Waals surface area contributed by atoms with Crippen LogP contribution >= 0.6 is 0 Å². The van der Waals surface area contributed by atoms with Crippen molar-refractivity contribution in [2.24, 2.45) is 0 Å². The lowest BCUT2D eigenvalue weighted by molar-refractivity contribution is -0.137. The third-order valence-electron chi connectivity index (χ3n) is 2.55. The second-order valence-electron chi connectivity index (χ2n) is 3.88. The van der Waals surface area contributed by atoms with Crippen LogP contribution in [0.5, 0.6) is 0 Å². The van der Waals surface area contributed by atoms with E-state index in [2.05, 4.69) is 12.2 Å². The third kappa shape index (κ3) is 3.85. The Morgan fingerprint density at radius 1 is 1.19 bits per heavy atom. The van der Waals surface area contributed by atoms with Gasteiger partial charge in [-0.25, -0.2) is 0 Å². The molecule has 0 aliphatic rings. The van der Waals surface area contributed by atoms with Gasteiger partial charge in [0.05, 0.1) is 5.56 Å². The van der Waals surface area contributed by atoms with Gasteiger partial charge in [0.1, 0.15) is 0 Å². The van der Waals surface area contributed by atoms with E-state index in [0.717, 1.165) is 24.1 Å². The zero-order valence-corrected chi connectivity index (χ0v) is 9.43. The lowest BCUT2D eigenvalue weighted by atomic mass is 10.1. The first-order chi connectivity index (χ1) is 7.43. The minimum absolute atomic E-state index is 0.377. The van der Waals surface area contributed by atoms with Gasteiger partial charge in [-0.15, -0.1) is 0 Å². The molecule has 1 aromatic carbocycles. The maximum Gasteiger partial charge on any atom is 0.416 e. The van der Waals surface area contributed by atoms with E-state index in [-0.39, 0.29) is 0 Å². The van der Waals surface area contributed by atoms with Crippen LogP contribution in [-0.2, 0) is 12.7 Å². The minimum atomic E-state index is -4.25. The van der Waals surface area contributed by atoms with Crippen molar-refractivity contribution in [1.82, 2.24) is 5.32 Å². The molecular formula is C12H16F3N. The molecule has 1 aromatic rings. The number of hydrogen-bond acceptors (Lipinski definition) is 1. The molecule has 1 atom stereocenters. The molecule has 4 heteroatoms. The summed E-state index contributed by atoms with van der Waals surface area (Å²) in [6.45, 7) is 4.71. The van der Waals surface area contributed by atoms with Crippen molar-refractivity contribution in [3.8, 4) is 0 Å². The summed E-state index contributed by atoms with van der Waals surface area (Å²) in [5.41, 5.74) is 0.271. The second-order valence-corrected chi connectivity index (χ2v) is 3.88. The van der Waals surface area contributed by atoms with E-state index in [0.29, 0.717) is 12.6 Å². The normalized spacial score (nSPS) is 13.8. The fourth-order valence-electron chi connectivity index (χ4n) is 1.25. The predicted octanol–water partition coefficient (Wildman–Crippen LogP) is 3.59. The second kappa shape index (κ2) is 5.34. The molecule has 0 radical (unpaired) electrons. The molecule has 0 aliphatic heterocycles. The predicted molar refractivity (Wildman–Crippen MR) is 58.0 cm³/mol. The Hall–Kier alpha value is -1.03. The number of rotatable bonds is 4. The molecule has 0 saturated heterocycles. The van der Waals surface area contributed by atoms with Crippen molar-refractivity contribution in [3.63, 3.8) is 0 Å². The number of nitrogens with one attached hydrogen (secondary N) is 1. The topological polar surface area (TPSA) is 12.0 Å². The van der Waals surface area contributed by atoms with Crippen LogP contribution in [0.1, 0.15) is 31.4 Å². The van der Waals surface area contributed by atoms with E-state index >= 15 is 0 Å². The number of benzene rings is 1. The van der Waals surface area contributed by atoms with Gasteiger partial charge >= 0.3 is 6.18 Å². The van der Waals surface area contributed by atoms with E-state index in [1.807, 2.05) is 6.92 Å². The molecule has 0 fully saturated rings. The first kappa shape index (κ1) is 13.0. The van der Waals surface area contributed by atoms with Gasteiger partial charge in [0.15, 0.2) is 0 Å². The summed E-state index contributed by atoms with van der Waals surface area (Å²) in [5.74, 6) is 0. The van der Waals surface area contributed by atoms with Crippen molar-refractivity contribution in [2.75, 3.05) is 0 Å². The summed E-state index contributed by atoms with van der Waals surface area (Å²) in [6, 6.07) is 5.64. The van der Waals surface area contributed by atoms with Gasteiger partial charge in [-0.3, -0.25) is 0 Å². The van der Waals surface area contributed by atoms with Crippen LogP contribution in [-0.4, -0.2) is 6.04 Å². The molecule has 1 unspecified atom stereocenters. The maximum atomic E-state index is 12.3. The van der Waals surface area contributed by atoms with E-state index in [1.54, 1.807) is 0 Å². The van der Waals surface area contributed by atoms with Crippen LogP contribution in [0.15, 0.2) is 24.3 Å². The van der Waals surface area contributed by atoms with Crippen molar-refractivity contribution < 1.29 is 13.2 Å². The molecule has 0 heterocycles. The van der Waals surface area contributed by atoms with Crippen LogP contribution in [0.25, 0.3) is 0 Å². The molecule has 16 heavy (non-hydrogen) atoms. The first-order valence-electron chi connectivity index (χ1n) is 5.33. The molecule has 1 nitrogen and oxygen atoms in total. The Bertz CT molecular complexity index is 316. The SMILES string of the molecule is CCC(C)NCc1ccc(C(F)(F)F)cc1. The van der Waals surface area contributed by atoms with Crippen molar-refractivity contribution in [2.45, 2.75) is 39.0 Å². The third-order valence-corrected chi connectivity index (χ3v) is 2.55. The molecule has 0 aromatic heterocycles. The number of alkyl halides is 3. The molecule has 0 amide bonds. The van der Waals surface area contributed by atoms with Gasteiger partial charge in [0.25, 0.3) is 0 Å². The van der Waals surface area contributed by atoms with Gasteiger partial charge in [0.2, 0.25) is 0 Å². The first-order valence-corrected chi connectivity index (χ1v) is 5.33. The number of hydrogen-bond donors (Lipinski definition) is 1. The van der Waals surface area contributed by atoms with Crippen LogP contribution in [0.2, 0.25) is 0 Å². The van der Waals surface area contributed by atoms with E-state index in [4.69, 9.17) is 0 Å². The Balaban J connectivity index is 2.58. The van der Waals surface area contributed by atoms with Crippen LogP contribution < -0.4 is 5.32 Å². The number of halogens is 3. The quantitative estimate of drug-likeness (QED) is 0.835. The zero-order valence-electron chi connectivity index (χ0n) is 9.43. The van der Waals surface area contributed by atoms with E-state index < -0.39 is 11.7 Å². The standard InChI is InChI=1S/C12H16F3N/c1-3-9(2)16-8-10-4-6-11(7-5-10)12(13,14)15/h4-7,9,16H,3,8H2,1-2H3. The summed E-state index contributed by atoms with van der Waals surface area (Å²) in [4.78, 5) is 0. The molecule has 0 spiro atoms. The summed E-state index contributed by atoms with van der Waals surface area (Å²) < 4.78 is 36.8. The van der Waals surface area contributed by atoms with Crippen LogP contribution in [0, 0.1) is 0 Å².